The third-order valence-electron chi connectivity index (χ3n) is 2.94. The Kier molecular flexibility index (Phi) is 3.51. The number of rotatable bonds is 3. The van der Waals surface area contributed by atoms with E-state index in [1.807, 2.05) is 13.0 Å². The van der Waals surface area contributed by atoms with Crippen LogP contribution in [-0.4, -0.2) is 18.1 Å². The van der Waals surface area contributed by atoms with E-state index in [9.17, 15) is 14.3 Å². The lowest BCUT2D eigenvalue weighted by Gasteiger charge is -2.21. The van der Waals surface area contributed by atoms with Gasteiger partial charge in [0.2, 0.25) is 0 Å². The first-order valence-corrected chi connectivity index (χ1v) is 5.82. The SMILES string of the molecule is Cc1ccc(N(C)c2cccc(F)c2)c(C(=O)O)c1. The molecule has 0 amide bonds. The summed E-state index contributed by atoms with van der Waals surface area (Å²) in [5.74, 6) is -1.35. The van der Waals surface area contributed by atoms with Crippen molar-refractivity contribution in [3.63, 3.8) is 0 Å². The number of benzene rings is 2. The van der Waals surface area contributed by atoms with Crippen molar-refractivity contribution in [3.05, 3.63) is 59.4 Å². The van der Waals surface area contributed by atoms with Crippen molar-refractivity contribution in [1.29, 1.82) is 0 Å². The molecule has 2 aromatic carbocycles. The molecule has 98 valence electrons. The third kappa shape index (κ3) is 2.73. The summed E-state index contributed by atoms with van der Waals surface area (Å²) >= 11 is 0. The zero-order valence-corrected chi connectivity index (χ0v) is 10.7. The van der Waals surface area contributed by atoms with Crippen LogP contribution in [0, 0.1) is 12.7 Å². The highest BCUT2D eigenvalue weighted by molar-refractivity contribution is 5.95. The van der Waals surface area contributed by atoms with Crippen LogP contribution in [0.25, 0.3) is 0 Å². The van der Waals surface area contributed by atoms with Crippen LogP contribution in [0.4, 0.5) is 15.8 Å². The fraction of sp³-hybridized carbons (Fsp3) is 0.133. The van der Waals surface area contributed by atoms with Crippen LogP contribution in [0.15, 0.2) is 42.5 Å². The van der Waals surface area contributed by atoms with Crippen molar-refractivity contribution >= 4 is 17.3 Å². The van der Waals surface area contributed by atoms with E-state index in [-0.39, 0.29) is 11.4 Å². The summed E-state index contributed by atoms with van der Waals surface area (Å²) in [5.41, 5.74) is 2.20. The molecule has 0 aliphatic heterocycles. The maximum absolute atomic E-state index is 13.2. The number of carboxylic acids is 1. The summed E-state index contributed by atoms with van der Waals surface area (Å²) < 4.78 is 13.2. The van der Waals surface area contributed by atoms with Gasteiger partial charge in [-0.05, 0) is 37.3 Å². The molecule has 0 saturated carbocycles. The maximum atomic E-state index is 13.2. The molecule has 0 radical (unpaired) electrons. The summed E-state index contributed by atoms with van der Waals surface area (Å²) in [6.07, 6.45) is 0. The molecule has 0 spiro atoms. The molecule has 0 fully saturated rings. The van der Waals surface area contributed by atoms with Crippen LogP contribution in [-0.2, 0) is 0 Å². The van der Waals surface area contributed by atoms with Crippen molar-refractivity contribution in [2.24, 2.45) is 0 Å². The molecule has 0 bridgehead atoms. The minimum Gasteiger partial charge on any atom is -0.478 e. The van der Waals surface area contributed by atoms with E-state index in [0.29, 0.717) is 11.4 Å². The van der Waals surface area contributed by atoms with Crippen LogP contribution >= 0.6 is 0 Å². The van der Waals surface area contributed by atoms with Gasteiger partial charge in [-0.2, -0.15) is 0 Å². The Morgan fingerprint density at radius 1 is 1.21 bits per heavy atom. The minimum absolute atomic E-state index is 0.201. The molecule has 0 unspecified atom stereocenters. The fourth-order valence-electron chi connectivity index (χ4n) is 1.94. The smallest absolute Gasteiger partial charge is 0.337 e. The van der Waals surface area contributed by atoms with Crippen LogP contribution < -0.4 is 4.90 Å². The van der Waals surface area contributed by atoms with Crippen molar-refractivity contribution in [3.8, 4) is 0 Å². The predicted octanol–water partition coefficient (Wildman–Crippen LogP) is 3.60. The van der Waals surface area contributed by atoms with Crippen LogP contribution in [0.5, 0.6) is 0 Å². The lowest BCUT2D eigenvalue weighted by molar-refractivity contribution is 0.0697. The predicted molar refractivity (Wildman–Crippen MR) is 72.6 cm³/mol. The number of hydrogen-bond donors (Lipinski definition) is 1. The summed E-state index contributed by atoms with van der Waals surface area (Å²) in [7, 11) is 1.71. The molecule has 4 heteroatoms. The van der Waals surface area contributed by atoms with Gasteiger partial charge in [-0.15, -0.1) is 0 Å². The minimum atomic E-state index is -0.998. The molecular weight excluding hydrogens is 245 g/mol. The van der Waals surface area contributed by atoms with Crippen molar-refractivity contribution < 1.29 is 14.3 Å². The highest BCUT2D eigenvalue weighted by Crippen LogP contribution is 2.28. The molecule has 3 nitrogen and oxygen atoms in total. The molecule has 0 saturated heterocycles. The Labute approximate surface area is 110 Å². The maximum Gasteiger partial charge on any atom is 0.337 e. The number of aryl methyl sites for hydroxylation is 1. The van der Waals surface area contributed by atoms with Gasteiger partial charge in [-0.25, -0.2) is 9.18 Å². The third-order valence-corrected chi connectivity index (χ3v) is 2.94. The Morgan fingerprint density at radius 3 is 2.58 bits per heavy atom. The van der Waals surface area contributed by atoms with Crippen molar-refractivity contribution in [2.75, 3.05) is 11.9 Å². The Morgan fingerprint density at radius 2 is 1.95 bits per heavy atom. The molecule has 0 atom stereocenters. The summed E-state index contributed by atoms with van der Waals surface area (Å²) in [6.45, 7) is 1.83. The molecular formula is C15H14FNO2. The van der Waals surface area contributed by atoms with E-state index < -0.39 is 5.97 Å². The van der Waals surface area contributed by atoms with Gasteiger partial charge in [-0.1, -0.05) is 17.7 Å². The van der Waals surface area contributed by atoms with E-state index in [2.05, 4.69) is 0 Å². The standard InChI is InChI=1S/C15H14FNO2/c1-10-6-7-14(13(8-10)15(18)19)17(2)12-5-3-4-11(16)9-12/h3-9H,1-2H3,(H,18,19). The average Bonchev–Trinajstić information content (AvgIpc) is 2.37. The lowest BCUT2D eigenvalue weighted by Crippen LogP contribution is -2.14. The normalized spacial score (nSPS) is 10.3. The van der Waals surface area contributed by atoms with Crippen LogP contribution in [0.2, 0.25) is 0 Å². The number of hydrogen-bond acceptors (Lipinski definition) is 2. The molecule has 0 heterocycles. The number of anilines is 2. The Balaban J connectivity index is 2.49. The monoisotopic (exact) mass is 259 g/mol. The van der Waals surface area contributed by atoms with Gasteiger partial charge in [0.25, 0.3) is 0 Å². The van der Waals surface area contributed by atoms with Crippen molar-refractivity contribution in [2.45, 2.75) is 6.92 Å². The first-order chi connectivity index (χ1) is 8.99. The van der Waals surface area contributed by atoms with E-state index >= 15 is 0 Å². The number of halogens is 1. The molecule has 2 rings (SSSR count). The largest absolute Gasteiger partial charge is 0.478 e. The lowest BCUT2D eigenvalue weighted by atomic mass is 10.1. The zero-order valence-electron chi connectivity index (χ0n) is 10.7. The van der Waals surface area contributed by atoms with Gasteiger partial charge in [0, 0.05) is 12.7 Å². The summed E-state index contributed by atoms with van der Waals surface area (Å²) in [4.78, 5) is 12.9. The molecule has 0 aliphatic carbocycles. The number of nitrogens with zero attached hydrogens (tertiary/aromatic N) is 1. The van der Waals surface area contributed by atoms with E-state index in [0.717, 1.165) is 5.56 Å². The zero-order chi connectivity index (χ0) is 14.0. The first-order valence-electron chi connectivity index (χ1n) is 5.82. The van der Waals surface area contributed by atoms with Crippen molar-refractivity contribution in [1.82, 2.24) is 0 Å². The van der Waals surface area contributed by atoms with Gasteiger partial charge in [0.15, 0.2) is 0 Å². The molecule has 0 aromatic heterocycles. The second-order valence-corrected chi connectivity index (χ2v) is 4.36. The van der Waals surface area contributed by atoms with Gasteiger partial charge >= 0.3 is 5.97 Å². The van der Waals surface area contributed by atoms with Gasteiger partial charge in [0.1, 0.15) is 5.82 Å². The highest BCUT2D eigenvalue weighted by Gasteiger charge is 2.15. The number of carboxylic acid groups (broad SMARTS) is 1. The highest BCUT2D eigenvalue weighted by atomic mass is 19.1. The first kappa shape index (κ1) is 13.1. The number of aromatic carboxylic acids is 1. The van der Waals surface area contributed by atoms with Gasteiger partial charge in [0.05, 0.1) is 11.3 Å². The molecule has 0 aliphatic rings. The Hall–Kier alpha value is -2.36. The van der Waals surface area contributed by atoms with Crippen LogP contribution in [0.3, 0.4) is 0 Å². The number of carbonyl (C=O) groups is 1. The topological polar surface area (TPSA) is 40.5 Å². The summed E-state index contributed by atoms with van der Waals surface area (Å²) in [5, 5.41) is 9.24. The van der Waals surface area contributed by atoms with E-state index in [4.69, 9.17) is 0 Å². The molecule has 2 aromatic rings. The second kappa shape index (κ2) is 5.10. The van der Waals surface area contributed by atoms with E-state index in [1.165, 1.54) is 12.1 Å². The Bertz CT molecular complexity index is 625. The average molecular weight is 259 g/mol. The summed E-state index contributed by atoms with van der Waals surface area (Å²) in [6, 6.07) is 11.2. The second-order valence-electron chi connectivity index (χ2n) is 4.36. The van der Waals surface area contributed by atoms with Gasteiger partial charge < -0.3 is 10.0 Å². The van der Waals surface area contributed by atoms with E-state index in [1.54, 1.807) is 36.2 Å². The molecule has 19 heavy (non-hydrogen) atoms. The quantitative estimate of drug-likeness (QED) is 0.915. The molecule has 1 N–H and O–H groups in total. The fourth-order valence-corrected chi connectivity index (χ4v) is 1.94. The van der Waals surface area contributed by atoms with Gasteiger partial charge in [-0.3, -0.25) is 0 Å². The van der Waals surface area contributed by atoms with Crippen LogP contribution in [0.1, 0.15) is 15.9 Å².